The molecule has 1 saturated carbocycles. The van der Waals surface area contributed by atoms with Crippen LogP contribution in [0.1, 0.15) is 44.0 Å². The van der Waals surface area contributed by atoms with Crippen LogP contribution < -0.4 is 10.6 Å². The largest absolute Gasteiger partial charge is 0.385 e. The standard InChI is InChI=1S/C22H32N4OS/c1-3-23-21(25-17-22(13-14-27-2)11-7-8-12-22)24-15-20-26-19(16-28-20)18-9-5-4-6-10-18/h4-6,9-10,16H,3,7-8,11-15,17H2,1-2H3,(H2,23,24,25). The number of hydrogen-bond acceptors (Lipinski definition) is 4. The van der Waals surface area contributed by atoms with E-state index in [1.165, 1.54) is 25.7 Å². The number of thiazole rings is 1. The second-order valence-electron chi connectivity index (χ2n) is 7.49. The van der Waals surface area contributed by atoms with E-state index in [0.717, 1.165) is 48.3 Å². The molecule has 1 aliphatic rings. The first-order valence-corrected chi connectivity index (χ1v) is 11.1. The van der Waals surface area contributed by atoms with E-state index < -0.39 is 0 Å². The fourth-order valence-electron chi connectivity index (χ4n) is 3.84. The molecule has 1 aromatic heterocycles. The van der Waals surface area contributed by atoms with Crippen molar-refractivity contribution in [2.75, 3.05) is 26.8 Å². The summed E-state index contributed by atoms with van der Waals surface area (Å²) in [6.45, 7) is 5.33. The molecule has 0 amide bonds. The molecule has 28 heavy (non-hydrogen) atoms. The van der Waals surface area contributed by atoms with Gasteiger partial charge in [0.2, 0.25) is 0 Å². The molecule has 0 bridgehead atoms. The number of methoxy groups -OCH3 is 1. The summed E-state index contributed by atoms with van der Waals surface area (Å²) >= 11 is 1.67. The molecule has 1 fully saturated rings. The van der Waals surface area contributed by atoms with Crippen LogP contribution in [-0.4, -0.2) is 37.7 Å². The van der Waals surface area contributed by atoms with Crippen LogP contribution in [0.15, 0.2) is 40.7 Å². The Morgan fingerprint density at radius 1 is 1.21 bits per heavy atom. The molecule has 2 aromatic rings. The summed E-state index contributed by atoms with van der Waals surface area (Å²) in [4.78, 5) is 9.52. The molecule has 0 saturated heterocycles. The van der Waals surface area contributed by atoms with Crippen LogP contribution in [0.5, 0.6) is 0 Å². The van der Waals surface area contributed by atoms with E-state index in [2.05, 4.69) is 35.1 Å². The van der Waals surface area contributed by atoms with Gasteiger partial charge in [0.1, 0.15) is 5.01 Å². The lowest BCUT2D eigenvalue weighted by atomic mass is 9.83. The Balaban J connectivity index is 1.60. The van der Waals surface area contributed by atoms with Gasteiger partial charge in [-0.05, 0) is 31.6 Å². The topological polar surface area (TPSA) is 58.5 Å². The van der Waals surface area contributed by atoms with Crippen molar-refractivity contribution >= 4 is 17.3 Å². The molecule has 2 N–H and O–H groups in total. The van der Waals surface area contributed by atoms with E-state index in [1.54, 1.807) is 18.4 Å². The summed E-state index contributed by atoms with van der Waals surface area (Å²) in [5.74, 6) is 0.877. The normalized spacial score (nSPS) is 16.3. The van der Waals surface area contributed by atoms with Gasteiger partial charge in [0.15, 0.2) is 5.96 Å². The van der Waals surface area contributed by atoms with Crippen molar-refractivity contribution in [3.8, 4) is 11.3 Å². The molecule has 0 atom stereocenters. The van der Waals surface area contributed by atoms with Gasteiger partial charge in [0.25, 0.3) is 0 Å². The Labute approximate surface area is 172 Å². The number of aromatic nitrogens is 1. The number of ether oxygens (including phenoxy) is 1. The quantitative estimate of drug-likeness (QED) is 0.482. The van der Waals surface area contributed by atoms with Crippen molar-refractivity contribution in [2.24, 2.45) is 10.4 Å². The molecule has 1 heterocycles. The molecule has 1 aromatic carbocycles. The molecule has 0 spiro atoms. The van der Waals surface area contributed by atoms with E-state index in [1.807, 2.05) is 18.2 Å². The number of nitrogens with zero attached hydrogens (tertiary/aromatic N) is 2. The Bertz CT molecular complexity index is 738. The van der Waals surface area contributed by atoms with Gasteiger partial charge in [-0.3, -0.25) is 0 Å². The maximum absolute atomic E-state index is 5.35. The highest BCUT2D eigenvalue weighted by Crippen LogP contribution is 2.40. The Hall–Kier alpha value is -1.92. The van der Waals surface area contributed by atoms with Crippen molar-refractivity contribution in [3.63, 3.8) is 0 Å². The molecular weight excluding hydrogens is 368 g/mol. The van der Waals surface area contributed by atoms with Gasteiger partial charge >= 0.3 is 0 Å². The third-order valence-corrected chi connectivity index (χ3v) is 6.30. The lowest BCUT2D eigenvalue weighted by molar-refractivity contribution is 0.138. The number of aliphatic imine (C=N–C) groups is 1. The zero-order chi connectivity index (χ0) is 19.7. The minimum atomic E-state index is 0.341. The van der Waals surface area contributed by atoms with Gasteiger partial charge in [-0.25, -0.2) is 9.98 Å². The smallest absolute Gasteiger partial charge is 0.191 e. The SMILES string of the molecule is CCNC(=NCc1nc(-c2ccccc2)cs1)NCC1(CCOC)CCCC1. The third-order valence-electron chi connectivity index (χ3n) is 5.47. The fourth-order valence-corrected chi connectivity index (χ4v) is 4.57. The molecule has 5 nitrogen and oxygen atoms in total. The van der Waals surface area contributed by atoms with E-state index in [-0.39, 0.29) is 0 Å². The highest BCUT2D eigenvalue weighted by molar-refractivity contribution is 7.09. The number of nitrogens with one attached hydrogen (secondary N) is 2. The van der Waals surface area contributed by atoms with Gasteiger partial charge in [-0.15, -0.1) is 11.3 Å². The summed E-state index contributed by atoms with van der Waals surface area (Å²) in [6.07, 6.45) is 6.30. The second-order valence-corrected chi connectivity index (χ2v) is 8.43. The zero-order valence-electron chi connectivity index (χ0n) is 17.0. The predicted octanol–water partition coefficient (Wildman–Crippen LogP) is 4.46. The molecule has 3 rings (SSSR count). The van der Waals surface area contributed by atoms with Gasteiger partial charge in [0.05, 0.1) is 12.2 Å². The Morgan fingerprint density at radius 2 is 2.00 bits per heavy atom. The first-order valence-electron chi connectivity index (χ1n) is 10.3. The van der Waals surface area contributed by atoms with Gasteiger partial charge in [0, 0.05) is 37.7 Å². The first-order chi connectivity index (χ1) is 13.7. The predicted molar refractivity (Wildman–Crippen MR) is 118 cm³/mol. The van der Waals surface area contributed by atoms with Gasteiger partial charge in [-0.2, -0.15) is 0 Å². The lowest BCUT2D eigenvalue weighted by Gasteiger charge is -2.29. The zero-order valence-corrected chi connectivity index (χ0v) is 17.9. The molecule has 6 heteroatoms. The van der Waals surface area contributed by atoms with Gasteiger partial charge in [-0.1, -0.05) is 43.2 Å². The summed E-state index contributed by atoms with van der Waals surface area (Å²) in [7, 11) is 1.79. The Morgan fingerprint density at radius 3 is 2.71 bits per heavy atom. The van der Waals surface area contributed by atoms with Crippen molar-refractivity contribution < 1.29 is 4.74 Å². The van der Waals surface area contributed by atoms with E-state index in [4.69, 9.17) is 14.7 Å². The van der Waals surface area contributed by atoms with Crippen LogP contribution >= 0.6 is 11.3 Å². The van der Waals surface area contributed by atoms with Crippen LogP contribution in [0, 0.1) is 5.41 Å². The third kappa shape index (κ3) is 5.79. The Kier molecular flexibility index (Phi) is 7.86. The number of benzene rings is 1. The second kappa shape index (κ2) is 10.6. The maximum Gasteiger partial charge on any atom is 0.191 e. The summed E-state index contributed by atoms with van der Waals surface area (Å²) < 4.78 is 5.35. The monoisotopic (exact) mass is 400 g/mol. The van der Waals surface area contributed by atoms with Crippen LogP contribution in [0.2, 0.25) is 0 Å². The lowest BCUT2D eigenvalue weighted by Crippen LogP contribution is -2.43. The summed E-state index contributed by atoms with van der Waals surface area (Å²) in [5.41, 5.74) is 2.52. The van der Waals surface area contributed by atoms with E-state index >= 15 is 0 Å². The first kappa shape index (κ1) is 20.8. The van der Waals surface area contributed by atoms with Crippen LogP contribution in [0.4, 0.5) is 0 Å². The highest BCUT2D eigenvalue weighted by atomic mass is 32.1. The van der Waals surface area contributed by atoms with Crippen molar-refractivity contribution in [2.45, 2.75) is 45.6 Å². The summed E-state index contributed by atoms with van der Waals surface area (Å²) in [5, 5.41) is 10.1. The van der Waals surface area contributed by atoms with Crippen LogP contribution in [-0.2, 0) is 11.3 Å². The maximum atomic E-state index is 5.35. The molecule has 0 radical (unpaired) electrons. The molecule has 152 valence electrons. The minimum Gasteiger partial charge on any atom is -0.385 e. The fraction of sp³-hybridized carbons (Fsp3) is 0.545. The van der Waals surface area contributed by atoms with Crippen molar-refractivity contribution in [1.82, 2.24) is 15.6 Å². The van der Waals surface area contributed by atoms with Crippen LogP contribution in [0.3, 0.4) is 0 Å². The molecule has 0 aliphatic heterocycles. The van der Waals surface area contributed by atoms with E-state index in [9.17, 15) is 0 Å². The minimum absolute atomic E-state index is 0.341. The van der Waals surface area contributed by atoms with Crippen molar-refractivity contribution in [3.05, 3.63) is 40.7 Å². The average Bonchev–Trinajstić information content (AvgIpc) is 3.40. The molecule has 1 aliphatic carbocycles. The number of hydrogen-bond donors (Lipinski definition) is 2. The average molecular weight is 401 g/mol. The van der Waals surface area contributed by atoms with Crippen molar-refractivity contribution in [1.29, 1.82) is 0 Å². The molecule has 0 unspecified atom stereocenters. The number of guanidine groups is 1. The van der Waals surface area contributed by atoms with Gasteiger partial charge < -0.3 is 15.4 Å². The number of rotatable bonds is 9. The van der Waals surface area contributed by atoms with Crippen LogP contribution in [0.25, 0.3) is 11.3 Å². The summed E-state index contributed by atoms with van der Waals surface area (Å²) in [6, 6.07) is 10.3. The highest BCUT2D eigenvalue weighted by Gasteiger charge is 2.33. The van der Waals surface area contributed by atoms with E-state index in [0.29, 0.717) is 12.0 Å². The molecular formula is C22H32N4OS.